The number of fused-ring (bicyclic) bond motifs is 1. The highest BCUT2D eigenvalue weighted by molar-refractivity contribution is 7.92. The second kappa shape index (κ2) is 8.24. The largest absolute Gasteiger partial charge is 0.478 e. The molecule has 2 aromatic carbocycles. The minimum absolute atomic E-state index is 0.127. The van der Waals surface area contributed by atoms with Crippen molar-refractivity contribution in [2.24, 2.45) is 0 Å². The van der Waals surface area contributed by atoms with Gasteiger partial charge in [0, 0.05) is 18.0 Å². The number of anilines is 1. The summed E-state index contributed by atoms with van der Waals surface area (Å²) in [6.45, 7) is 6.08. The van der Waals surface area contributed by atoms with Crippen LogP contribution in [0.5, 0.6) is 5.75 Å². The summed E-state index contributed by atoms with van der Waals surface area (Å²) in [7, 11) is -3.54. The van der Waals surface area contributed by atoms with Crippen LogP contribution >= 0.6 is 11.6 Å². The molecule has 0 fully saturated rings. The van der Waals surface area contributed by atoms with E-state index in [1.807, 2.05) is 32.9 Å². The van der Waals surface area contributed by atoms with Crippen LogP contribution in [-0.2, 0) is 14.8 Å². The van der Waals surface area contributed by atoms with Gasteiger partial charge in [-0.25, -0.2) is 8.42 Å². The third-order valence-corrected chi connectivity index (χ3v) is 6.41. The smallest absolute Gasteiger partial charge is 0.261 e. The molecule has 3 rings (SSSR count). The quantitative estimate of drug-likeness (QED) is 0.791. The number of hydrogen-bond donors (Lipinski definition) is 1. The normalized spacial score (nSPS) is 17.7. The standard InChI is InChI=1S/C21H25ClN2O4S/c1-13-5-7-17(14(2)11-13)15(3)23-21(25)20-9-10-24(29(4,26)27)18-12-16(22)6-8-19(18)28-20/h5-8,11-12,15,20H,9-10H2,1-4H3,(H,23,25)/t15-,20-/m1/s1. The fraction of sp³-hybridized carbons (Fsp3) is 0.381. The van der Waals surface area contributed by atoms with Crippen LogP contribution in [0.15, 0.2) is 36.4 Å². The Labute approximate surface area is 176 Å². The Kier molecular flexibility index (Phi) is 6.10. The molecule has 0 aliphatic carbocycles. The predicted molar refractivity (Wildman–Crippen MR) is 115 cm³/mol. The van der Waals surface area contributed by atoms with Crippen molar-refractivity contribution in [1.82, 2.24) is 5.32 Å². The molecule has 1 N–H and O–H groups in total. The number of rotatable bonds is 4. The van der Waals surface area contributed by atoms with Crippen molar-refractivity contribution < 1.29 is 17.9 Å². The van der Waals surface area contributed by atoms with Crippen molar-refractivity contribution >= 4 is 33.2 Å². The monoisotopic (exact) mass is 436 g/mol. The first-order chi connectivity index (χ1) is 13.6. The van der Waals surface area contributed by atoms with Gasteiger partial charge in [0.15, 0.2) is 6.10 Å². The first-order valence-corrected chi connectivity index (χ1v) is 11.6. The molecule has 0 saturated heterocycles. The van der Waals surface area contributed by atoms with E-state index in [1.54, 1.807) is 12.1 Å². The molecule has 2 aromatic rings. The first-order valence-electron chi connectivity index (χ1n) is 9.37. The fourth-order valence-corrected chi connectivity index (χ4v) is 4.68. The number of halogens is 1. The molecule has 0 radical (unpaired) electrons. The third-order valence-electron chi connectivity index (χ3n) is 5.00. The number of nitrogens with one attached hydrogen (secondary N) is 1. The van der Waals surface area contributed by atoms with Gasteiger partial charge in [0.1, 0.15) is 5.75 Å². The summed E-state index contributed by atoms with van der Waals surface area (Å²) in [4.78, 5) is 12.9. The number of amides is 1. The van der Waals surface area contributed by atoms with Crippen LogP contribution in [0.3, 0.4) is 0 Å². The molecule has 8 heteroatoms. The molecule has 0 spiro atoms. The van der Waals surface area contributed by atoms with Crippen molar-refractivity contribution in [3.05, 3.63) is 58.1 Å². The van der Waals surface area contributed by atoms with Gasteiger partial charge in [-0.05, 0) is 50.1 Å². The van der Waals surface area contributed by atoms with E-state index >= 15 is 0 Å². The van der Waals surface area contributed by atoms with E-state index in [4.69, 9.17) is 16.3 Å². The maximum Gasteiger partial charge on any atom is 0.261 e. The number of ether oxygens (including phenoxy) is 1. The van der Waals surface area contributed by atoms with E-state index in [0.29, 0.717) is 16.5 Å². The van der Waals surface area contributed by atoms with Gasteiger partial charge in [0.2, 0.25) is 10.0 Å². The Balaban J connectivity index is 1.83. The zero-order valence-corrected chi connectivity index (χ0v) is 18.5. The average molecular weight is 437 g/mol. The van der Waals surface area contributed by atoms with E-state index < -0.39 is 16.1 Å². The van der Waals surface area contributed by atoms with Crippen molar-refractivity contribution in [2.45, 2.75) is 39.3 Å². The van der Waals surface area contributed by atoms with Gasteiger partial charge >= 0.3 is 0 Å². The second-order valence-electron chi connectivity index (χ2n) is 7.43. The summed E-state index contributed by atoms with van der Waals surface area (Å²) in [5, 5.41) is 3.39. The average Bonchev–Trinajstić information content (AvgIpc) is 2.80. The van der Waals surface area contributed by atoms with Gasteiger partial charge in [-0.3, -0.25) is 9.10 Å². The molecular weight excluding hydrogens is 412 g/mol. The molecule has 29 heavy (non-hydrogen) atoms. The van der Waals surface area contributed by atoms with Crippen LogP contribution in [0.2, 0.25) is 5.02 Å². The predicted octanol–water partition coefficient (Wildman–Crippen LogP) is 3.75. The lowest BCUT2D eigenvalue weighted by atomic mass is 10.00. The molecule has 2 atom stereocenters. The van der Waals surface area contributed by atoms with Gasteiger partial charge in [-0.2, -0.15) is 0 Å². The number of aryl methyl sites for hydroxylation is 2. The summed E-state index contributed by atoms with van der Waals surface area (Å²) < 4.78 is 31.6. The lowest BCUT2D eigenvalue weighted by Gasteiger charge is -2.21. The molecule has 0 bridgehead atoms. The SMILES string of the molecule is Cc1ccc([C@@H](C)NC(=O)[C@H]2CCN(S(C)(=O)=O)c3cc(Cl)ccc3O2)c(C)c1. The molecule has 6 nitrogen and oxygen atoms in total. The Bertz CT molecular complexity index is 1040. The van der Waals surface area contributed by atoms with E-state index in [0.717, 1.165) is 22.9 Å². The summed E-state index contributed by atoms with van der Waals surface area (Å²) in [5.41, 5.74) is 3.64. The van der Waals surface area contributed by atoms with Gasteiger partial charge in [-0.1, -0.05) is 35.4 Å². The molecule has 1 aliphatic heterocycles. The summed E-state index contributed by atoms with van der Waals surface area (Å²) in [6, 6.07) is 10.6. The van der Waals surface area contributed by atoms with E-state index in [-0.39, 0.29) is 24.9 Å². The Hall–Kier alpha value is -2.25. The highest BCUT2D eigenvalue weighted by Crippen LogP contribution is 2.36. The van der Waals surface area contributed by atoms with Crippen molar-refractivity contribution in [3.63, 3.8) is 0 Å². The zero-order valence-electron chi connectivity index (χ0n) is 16.9. The maximum absolute atomic E-state index is 12.9. The van der Waals surface area contributed by atoms with Crippen LogP contribution in [0.1, 0.15) is 36.1 Å². The Morgan fingerprint density at radius 2 is 1.97 bits per heavy atom. The molecular formula is C21H25ClN2O4S. The second-order valence-corrected chi connectivity index (χ2v) is 9.78. The highest BCUT2D eigenvalue weighted by atomic mass is 35.5. The number of nitrogens with zero attached hydrogens (tertiary/aromatic N) is 1. The van der Waals surface area contributed by atoms with Gasteiger partial charge in [-0.15, -0.1) is 0 Å². The Morgan fingerprint density at radius 1 is 1.24 bits per heavy atom. The van der Waals surface area contributed by atoms with Crippen molar-refractivity contribution in [2.75, 3.05) is 17.1 Å². The number of carbonyl (C=O) groups is 1. The number of carbonyl (C=O) groups excluding carboxylic acids is 1. The summed E-state index contributed by atoms with van der Waals surface area (Å²) in [5.74, 6) is 0.0328. The van der Waals surface area contributed by atoms with Crippen LogP contribution < -0.4 is 14.4 Å². The zero-order chi connectivity index (χ0) is 21.3. The molecule has 156 valence electrons. The van der Waals surface area contributed by atoms with Crippen molar-refractivity contribution in [3.8, 4) is 5.75 Å². The minimum atomic E-state index is -3.54. The fourth-order valence-electron chi connectivity index (χ4n) is 3.58. The van der Waals surface area contributed by atoms with E-state index in [1.165, 1.54) is 10.4 Å². The van der Waals surface area contributed by atoms with Crippen LogP contribution in [0.25, 0.3) is 0 Å². The molecule has 0 aromatic heterocycles. The Morgan fingerprint density at radius 3 is 2.62 bits per heavy atom. The van der Waals surface area contributed by atoms with Gasteiger partial charge < -0.3 is 10.1 Å². The first kappa shape index (κ1) is 21.5. The van der Waals surface area contributed by atoms with Crippen LogP contribution in [0, 0.1) is 13.8 Å². The van der Waals surface area contributed by atoms with E-state index in [9.17, 15) is 13.2 Å². The molecule has 1 aliphatic rings. The topological polar surface area (TPSA) is 75.7 Å². The summed E-state index contributed by atoms with van der Waals surface area (Å²) >= 11 is 6.05. The molecule has 1 amide bonds. The third kappa shape index (κ3) is 4.85. The number of sulfonamides is 1. The lowest BCUT2D eigenvalue weighted by molar-refractivity contribution is -0.128. The van der Waals surface area contributed by atoms with Crippen molar-refractivity contribution in [1.29, 1.82) is 0 Å². The number of benzene rings is 2. The van der Waals surface area contributed by atoms with Crippen LogP contribution in [-0.4, -0.2) is 33.2 Å². The minimum Gasteiger partial charge on any atom is -0.478 e. The lowest BCUT2D eigenvalue weighted by Crippen LogP contribution is -2.41. The van der Waals surface area contributed by atoms with Crippen LogP contribution in [0.4, 0.5) is 5.69 Å². The molecule has 0 unspecified atom stereocenters. The van der Waals surface area contributed by atoms with Gasteiger partial charge in [0.25, 0.3) is 5.91 Å². The van der Waals surface area contributed by atoms with Gasteiger partial charge in [0.05, 0.1) is 18.0 Å². The highest BCUT2D eigenvalue weighted by Gasteiger charge is 2.32. The summed E-state index contributed by atoms with van der Waals surface area (Å²) in [6.07, 6.45) is 0.542. The van der Waals surface area contributed by atoms with E-state index in [2.05, 4.69) is 11.4 Å². The molecule has 0 saturated carbocycles. The maximum atomic E-state index is 12.9. The molecule has 1 heterocycles. The number of hydrogen-bond acceptors (Lipinski definition) is 4.